The maximum Gasteiger partial charge on any atom is 0.179 e. The number of nitriles is 1. The van der Waals surface area contributed by atoms with Crippen LogP contribution in [0.4, 0.5) is 0 Å². The first-order chi connectivity index (χ1) is 3.83. The molecule has 1 unspecified atom stereocenters. The van der Waals surface area contributed by atoms with Gasteiger partial charge < -0.3 is 10.6 Å². The molecule has 0 saturated carbocycles. The molecule has 8 heavy (non-hydrogen) atoms. The number of likely N-dealkylation sites (tertiary alicyclic amines) is 1. The molecule has 0 aliphatic carbocycles. The predicted molar refractivity (Wildman–Crippen MR) is 29.8 cm³/mol. The molecule has 3 nitrogen and oxygen atoms in total. The Hall–Kier alpha value is -0.750. The Morgan fingerprint density at radius 2 is 2.50 bits per heavy atom. The first-order valence-corrected chi connectivity index (χ1v) is 2.73. The van der Waals surface area contributed by atoms with Gasteiger partial charge in [-0.1, -0.05) is 0 Å². The molecule has 3 heteroatoms. The van der Waals surface area contributed by atoms with E-state index in [4.69, 9.17) is 11.0 Å². The summed E-state index contributed by atoms with van der Waals surface area (Å²) >= 11 is 0. The summed E-state index contributed by atoms with van der Waals surface area (Å²) in [4.78, 5) is 1.69. The summed E-state index contributed by atoms with van der Waals surface area (Å²) in [5.41, 5.74) is 5.51. The van der Waals surface area contributed by atoms with E-state index in [0.29, 0.717) is 0 Å². The fourth-order valence-corrected chi connectivity index (χ4v) is 0.878. The molecular weight excluding hydrogens is 102 g/mol. The third-order valence-electron chi connectivity index (χ3n) is 1.37. The van der Waals surface area contributed by atoms with Crippen molar-refractivity contribution < 1.29 is 0 Å². The summed E-state index contributed by atoms with van der Waals surface area (Å²) in [6.07, 6.45) is 3.01. The highest BCUT2D eigenvalue weighted by Crippen LogP contribution is 2.03. The van der Waals surface area contributed by atoms with Crippen LogP contribution in [-0.4, -0.2) is 24.0 Å². The van der Waals surface area contributed by atoms with Crippen LogP contribution in [0.25, 0.3) is 0 Å². The summed E-state index contributed by atoms with van der Waals surface area (Å²) in [5.74, 6) is 0. The zero-order valence-electron chi connectivity index (χ0n) is 4.67. The Labute approximate surface area is 48.7 Å². The van der Waals surface area contributed by atoms with Crippen LogP contribution in [0.2, 0.25) is 0 Å². The number of nitrogens with two attached hydrogens (primary N) is 1. The van der Waals surface area contributed by atoms with E-state index in [-0.39, 0.29) is 6.04 Å². The minimum atomic E-state index is 0.231. The minimum absolute atomic E-state index is 0.231. The molecule has 0 bridgehead atoms. The molecule has 1 heterocycles. The van der Waals surface area contributed by atoms with Crippen molar-refractivity contribution in [3.05, 3.63) is 0 Å². The number of hydrogen-bond acceptors (Lipinski definition) is 3. The van der Waals surface area contributed by atoms with Crippen LogP contribution in [0.3, 0.4) is 0 Å². The van der Waals surface area contributed by atoms with E-state index in [1.54, 1.807) is 4.90 Å². The highest BCUT2D eigenvalue weighted by molar-refractivity contribution is 4.85. The summed E-state index contributed by atoms with van der Waals surface area (Å²) in [7, 11) is 0. The quantitative estimate of drug-likeness (QED) is 0.429. The molecule has 44 valence electrons. The topological polar surface area (TPSA) is 53.0 Å². The average molecular weight is 111 g/mol. The zero-order valence-corrected chi connectivity index (χ0v) is 4.67. The lowest BCUT2D eigenvalue weighted by Crippen LogP contribution is -2.23. The molecular formula is C5H9N3. The van der Waals surface area contributed by atoms with Crippen molar-refractivity contribution >= 4 is 0 Å². The fourth-order valence-electron chi connectivity index (χ4n) is 0.878. The van der Waals surface area contributed by atoms with Gasteiger partial charge in [0.2, 0.25) is 0 Å². The van der Waals surface area contributed by atoms with Gasteiger partial charge in [-0.15, -0.1) is 0 Å². The van der Waals surface area contributed by atoms with Crippen molar-refractivity contribution in [2.75, 3.05) is 13.1 Å². The second kappa shape index (κ2) is 2.01. The van der Waals surface area contributed by atoms with Gasteiger partial charge in [0.15, 0.2) is 6.19 Å². The molecule has 1 rings (SSSR count). The Morgan fingerprint density at radius 1 is 1.75 bits per heavy atom. The number of hydrogen-bond donors (Lipinski definition) is 1. The lowest BCUT2D eigenvalue weighted by Gasteiger charge is -2.02. The van der Waals surface area contributed by atoms with Crippen molar-refractivity contribution in [1.29, 1.82) is 5.26 Å². The van der Waals surface area contributed by atoms with Crippen LogP contribution < -0.4 is 5.73 Å². The van der Waals surface area contributed by atoms with Crippen molar-refractivity contribution in [3.8, 4) is 6.19 Å². The Kier molecular flexibility index (Phi) is 1.36. The van der Waals surface area contributed by atoms with Gasteiger partial charge in [-0.2, -0.15) is 5.26 Å². The summed E-state index contributed by atoms with van der Waals surface area (Å²) in [6.45, 7) is 1.59. The molecule has 1 saturated heterocycles. The van der Waals surface area contributed by atoms with E-state index in [1.165, 1.54) is 0 Å². The average Bonchev–Trinajstić information content (AvgIpc) is 2.14. The maximum absolute atomic E-state index is 8.30. The minimum Gasteiger partial charge on any atom is -0.326 e. The SMILES string of the molecule is N#CN1CCC(N)C1. The lowest BCUT2D eigenvalue weighted by atomic mass is 10.3. The molecule has 0 aromatic rings. The van der Waals surface area contributed by atoms with E-state index in [0.717, 1.165) is 19.5 Å². The Balaban J connectivity index is 2.35. The lowest BCUT2D eigenvalue weighted by molar-refractivity contribution is 0.479. The molecule has 1 atom stereocenters. The van der Waals surface area contributed by atoms with E-state index < -0.39 is 0 Å². The molecule has 0 aromatic heterocycles. The first-order valence-electron chi connectivity index (χ1n) is 2.73. The van der Waals surface area contributed by atoms with Crippen molar-refractivity contribution in [1.82, 2.24) is 4.90 Å². The molecule has 1 aliphatic heterocycles. The standard InChI is InChI=1S/C5H9N3/c6-4-8-2-1-5(7)3-8/h5H,1-3,7H2. The fraction of sp³-hybridized carbons (Fsp3) is 0.800. The molecule has 0 spiro atoms. The number of nitrogens with zero attached hydrogens (tertiary/aromatic N) is 2. The normalized spacial score (nSPS) is 28.0. The summed E-state index contributed by atoms with van der Waals surface area (Å²) in [5, 5.41) is 8.30. The summed E-state index contributed by atoms with van der Waals surface area (Å²) in [6, 6.07) is 0.231. The first kappa shape index (κ1) is 5.39. The molecule has 0 aromatic carbocycles. The molecule has 1 fully saturated rings. The highest BCUT2D eigenvalue weighted by atomic mass is 15.2. The molecule has 2 N–H and O–H groups in total. The van der Waals surface area contributed by atoms with Gasteiger partial charge in [0.05, 0.1) is 0 Å². The van der Waals surface area contributed by atoms with Crippen LogP contribution >= 0.6 is 0 Å². The molecule has 1 aliphatic rings. The summed E-state index contributed by atoms with van der Waals surface area (Å²) < 4.78 is 0. The van der Waals surface area contributed by atoms with Gasteiger partial charge in [0.1, 0.15) is 0 Å². The smallest absolute Gasteiger partial charge is 0.179 e. The van der Waals surface area contributed by atoms with E-state index in [1.807, 2.05) is 6.19 Å². The Morgan fingerprint density at radius 3 is 2.75 bits per heavy atom. The van der Waals surface area contributed by atoms with Gasteiger partial charge in [-0.05, 0) is 6.42 Å². The van der Waals surface area contributed by atoms with Gasteiger partial charge in [-0.3, -0.25) is 0 Å². The second-order valence-corrected chi connectivity index (χ2v) is 2.09. The van der Waals surface area contributed by atoms with E-state index in [9.17, 15) is 0 Å². The van der Waals surface area contributed by atoms with Crippen LogP contribution in [-0.2, 0) is 0 Å². The van der Waals surface area contributed by atoms with Crippen LogP contribution in [0.5, 0.6) is 0 Å². The van der Waals surface area contributed by atoms with Crippen LogP contribution in [0, 0.1) is 11.5 Å². The van der Waals surface area contributed by atoms with Crippen LogP contribution in [0.1, 0.15) is 6.42 Å². The molecule has 0 amide bonds. The van der Waals surface area contributed by atoms with Gasteiger partial charge in [0.25, 0.3) is 0 Å². The third-order valence-corrected chi connectivity index (χ3v) is 1.37. The van der Waals surface area contributed by atoms with Gasteiger partial charge in [-0.25, -0.2) is 0 Å². The van der Waals surface area contributed by atoms with Gasteiger partial charge in [0, 0.05) is 19.1 Å². The van der Waals surface area contributed by atoms with Crippen LogP contribution in [0.15, 0.2) is 0 Å². The zero-order chi connectivity index (χ0) is 5.98. The largest absolute Gasteiger partial charge is 0.326 e. The second-order valence-electron chi connectivity index (χ2n) is 2.09. The Bertz CT molecular complexity index is 115. The third kappa shape index (κ3) is 0.903. The van der Waals surface area contributed by atoms with Crippen molar-refractivity contribution in [2.24, 2.45) is 5.73 Å². The monoisotopic (exact) mass is 111 g/mol. The maximum atomic E-state index is 8.30. The highest BCUT2D eigenvalue weighted by Gasteiger charge is 2.16. The molecule has 0 radical (unpaired) electrons. The number of rotatable bonds is 0. The van der Waals surface area contributed by atoms with Crippen molar-refractivity contribution in [3.63, 3.8) is 0 Å². The van der Waals surface area contributed by atoms with Crippen molar-refractivity contribution in [2.45, 2.75) is 12.5 Å². The predicted octanol–water partition coefficient (Wildman–Crippen LogP) is -0.500. The van der Waals surface area contributed by atoms with Gasteiger partial charge >= 0.3 is 0 Å². The van der Waals surface area contributed by atoms with E-state index >= 15 is 0 Å². The van der Waals surface area contributed by atoms with E-state index in [2.05, 4.69) is 0 Å².